The van der Waals surface area contributed by atoms with E-state index in [4.69, 9.17) is 4.52 Å². The van der Waals surface area contributed by atoms with Gasteiger partial charge in [0.1, 0.15) is 5.76 Å². The Balaban J connectivity index is 2.17. The van der Waals surface area contributed by atoms with Crippen molar-refractivity contribution in [2.75, 3.05) is 11.9 Å². The fraction of sp³-hybridized carbons (Fsp3) is 0.400. The molecule has 0 saturated heterocycles. The van der Waals surface area contributed by atoms with Crippen LogP contribution >= 0.6 is 11.3 Å². The minimum Gasteiger partial charge on any atom is -0.362 e. The summed E-state index contributed by atoms with van der Waals surface area (Å²) in [5.74, 6) is 0.834. The lowest BCUT2D eigenvalue weighted by atomic mass is 10.2. The van der Waals surface area contributed by atoms with Crippen LogP contribution in [0.4, 0.5) is 5.13 Å². The van der Waals surface area contributed by atoms with E-state index in [2.05, 4.69) is 22.4 Å². The van der Waals surface area contributed by atoms with Crippen LogP contribution < -0.4 is 5.32 Å². The predicted octanol–water partition coefficient (Wildman–Crippen LogP) is 2.93. The Labute approximate surface area is 92.3 Å². The van der Waals surface area contributed by atoms with Gasteiger partial charge in [0.15, 0.2) is 5.13 Å². The maximum atomic E-state index is 5.02. The monoisotopic (exact) mass is 223 g/mol. The van der Waals surface area contributed by atoms with Gasteiger partial charge in [-0.3, -0.25) is 0 Å². The minimum atomic E-state index is 0.834. The van der Waals surface area contributed by atoms with E-state index in [-0.39, 0.29) is 0 Å². The fourth-order valence-electron chi connectivity index (χ4n) is 1.25. The molecule has 5 heteroatoms. The molecule has 0 fully saturated rings. The van der Waals surface area contributed by atoms with Gasteiger partial charge in [-0.05, 0) is 13.3 Å². The maximum absolute atomic E-state index is 5.02. The molecule has 0 atom stereocenters. The van der Waals surface area contributed by atoms with E-state index >= 15 is 0 Å². The molecule has 0 amide bonds. The SMILES string of the molecule is CCCNc1ncc(-c2cnoc2C)s1. The van der Waals surface area contributed by atoms with E-state index in [1.807, 2.05) is 13.1 Å². The molecule has 0 aliphatic carbocycles. The molecular weight excluding hydrogens is 210 g/mol. The molecule has 0 unspecified atom stereocenters. The van der Waals surface area contributed by atoms with E-state index < -0.39 is 0 Å². The Kier molecular flexibility index (Phi) is 3.01. The highest BCUT2D eigenvalue weighted by atomic mass is 32.1. The first kappa shape index (κ1) is 10.2. The molecule has 0 spiro atoms. The number of nitrogens with one attached hydrogen (secondary N) is 1. The van der Waals surface area contributed by atoms with Gasteiger partial charge in [-0.2, -0.15) is 0 Å². The van der Waals surface area contributed by atoms with Gasteiger partial charge in [0, 0.05) is 12.7 Å². The molecule has 2 aromatic rings. The molecule has 2 rings (SSSR count). The van der Waals surface area contributed by atoms with E-state index in [1.54, 1.807) is 17.5 Å². The first-order valence-corrected chi connectivity index (χ1v) is 5.74. The average molecular weight is 223 g/mol. The van der Waals surface area contributed by atoms with Crippen LogP contribution in [0.3, 0.4) is 0 Å². The van der Waals surface area contributed by atoms with Gasteiger partial charge in [0.05, 0.1) is 16.6 Å². The average Bonchev–Trinajstić information content (AvgIpc) is 2.83. The first-order chi connectivity index (χ1) is 7.31. The Bertz CT molecular complexity index is 435. The lowest BCUT2D eigenvalue weighted by Gasteiger charge is -1.96. The largest absolute Gasteiger partial charge is 0.362 e. The van der Waals surface area contributed by atoms with E-state index in [0.29, 0.717) is 0 Å². The molecule has 0 aliphatic rings. The standard InChI is InChI=1S/C10H13N3OS/c1-3-4-11-10-12-6-9(15-10)8-5-13-14-7(8)2/h5-6H,3-4H2,1-2H3,(H,11,12). The van der Waals surface area contributed by atoms with Crippen molar-refractivity contribution < 1.29 is 4.52 Å². The van der Waals surface area contributed by atoms with Crippen LogP contribution in [0.1, 0.15) is 19.1 Å². The molecule has 1 N–H and O–H groups in total. The van der Waals surface area contributed by atoms with Gasteiger partial charge in [0.25, 0.3) is 0 Å². The van der Waals surface area contributed by atoms with Crippen LogP contribution in [0, 0.1) is 6.92 Å². The van der Waals surface area contributed by atoms with E-state index in [1.165, 1.54) is 0 Å². The van der Waals surface area contributed by atoms with Crippen molar-refractivity contribution in [1.29, 1.82) is 0 Å². The van der Waals surface area contributed by atoms with Crippen LogP contribution in [0.15, 0.2) is 16.9 Å². The topological polar surface area (TPSA) is 51.0 Å². The summed E-state index contributed by atoms with van der Waals surface area (Å²) >= 11 is 1.62. The number of anilines is 1. The van der Waals surface area contributed by atoms with Crippen molar-refractivity contribution in [3.63, 3.8) is 0 Å². The number of rotatable bonds is 4. The summed E-state index contributed by atoms with van der Waals surface area (Å²) in [5, 5.41) is 7.96. The third-order valence-electron chi connectivity index (χ3n) is 2.05. The second kappa shape index (κ2) is 4.44. The number of aryl methyl sites for hydroxylation is 1. The summed E-state index contributed by atoms with van der Waals surface area (Å²) < 4.78 is 5.02. The summed E-state index contributed by atoms with van der Waals surface area (Å²) in [6.07, 6.45) is 4.68. The predicted molar refractivity (Wildman–Crippen MR) is 61.1 cm³/mol. The minimum absolute atomic E-state index is 0.834. The van der Waals surface area contributed by atoms with Gasteiger partial charge in [-0.1, -0.05) is 23.4 Å². The molecule has 0 aromatic carbocycles. The van der Waals surface area contributed by atoms with E-state index in [9.17, 15) is 0 Å². The highest BCUT2D eigenvalue weighted by Crippen LogP contribution is 2.30. The molecule has 80 valence electrons. The Morgan fingerprint density at radius 1 is 1.47 bits per heavy atom. The molecular formula is C10H13N3OS. The third-order valence-corrected chi connectivity index (χ3v) is 3.04. The number of nitrogens with zero attached hydrogens (tertiary/aromatic N) is 2. The molecule has 4 nitrogen and oxygen atoms in total. The second-order valence-corrected chi connectivity index (χ2v) is 4.28. The van der Waals surface area contributed by atoms with Gasteiger partial charge < -0.3 is 9.84 Å². The van der Waals surface area contributed by atoms with Crippen LogP contribution in [-0.2, 0) is 0 Å². The summed E-state index contributed by atoms with van der Waals surface area (Å²) in [6.45, 7) is 4.99. The normalized spacial score (nSPS) is 10.5. The lowest BCUT2D eigenvalue weighted by molar-refractivity contribution is 0.398. The molecule has 15 heavy (non-hydrogen) atoms. The van der Waals surface area contributed by atoms with Gasteiger partial charge >= 0.3 is 0 Å². The molecule has 0 aliphatic heterocycles. The van der Waals surface area contributed by atoms with Crippen molar-refractivity contribution in [2.24, 2.45) is 0 Å². The summed E-state index contributed by atoms with van der Waals surface area (Å²) in [6, 6.07) is 0. The Morgan fingerprint density at radius 3 is 3.00 bits per heavy atom. The van der Waals surface area contributed by atoms with Gasteiger partial charge in [0.2, 0.25) is 0 Å². The van der Waals surface area contributed by atoms with Crippen LogP contribution in [0.2, 0.25) is 0 Å². The highest BCUT2D eigenvalue weighted by Gasteiger charge is 2.09. The zero-order valence-electron chi connectivity index (χ0n) is 8.78. The molecule has 2 heterocycles. The maximum Gasteiger partial charge on any atom is 0.183 e. The van der Waals surface area contributed by atoms with Crippen molar-refractivity contribution >= 4 is 16.5 Å². The smallest absolute Gasteiger partial charge is 0.183 e. The van der Waals surface area contributed by atoms with Gasteiger partial charge in [-0.25, -0.2) is 4.98 Å². The van der Waals surface area contributed by atoms with E-state index in [0.717, 1.165) is 34.3 Å². The van der Waals surface area contributed by atoms with Crippen LogP contribution in [0.25, 0.3) is 10.4 Å². The lowest BCUT2D eigenvalue weighted by Crippen LogP contribution is -1.97. The van der Waals surface area contributed by atoms with Crippen molar-refractivity contribution in [2.45, 2.75) is 20.3 Å². The summed E-state index contributed by atoms with van der Waals surface area (Å²) in [4.78, 5) is 5.38. The number of hydrogen-bond donors (Lipinski definition) is 1. The fourth-order valence-corrected chi connectivity index (χ4v) is 2.15. The number of thiazole rings is 1. The van der Waals surface area contributed by atoms with Crippen molar-refractivity contribution in [3.8, 4) is 10.4 Å². The van der Waals surface area contributed by atoms with Crippen molar-refractivity contribution in [3.05, 3.63) is 18.2 Å². The summed E-state index contributed by atoms with van der Waals surface area (Å²) in [5.41, 5.74) is 1.03. The zero-order chi connectivity index (χ0) is 10.7. The van der Waals surface area contributed by atoms with Crippen LogP contribution in [0.5, 0.6) is 0 Å². The Hall–Kier alpha value is -1.36. The van der Waals surface area contributed by atoms with Crippen molar-refractivity contribution in [1.82, 2.24) is 10.1 Å². The molecule has 0 radical (unpaired) electrons. The highest BCUT2D eigenvalue weighted by molar-refractivity contribution is 7.18. The quantitative estimate of drug-likeness (QED) is 0.865. The molecule has 0 saturated carbocycles. The van der Waals surface area contributed by atoms with Crippen LogP contribution in [-0.4, -0.2) is 16.7 Å². The zero-order valence-corrected chi connectivity index (χ0v) is 9.60. The Morgan fingerprint density at radius 2 is 2.33 bits per heavy atom. The number of aromatic nitrogens is 2. The second-order valence-electron chi connectivity index (χ2n) is 3.25. The summed E-state index contributed by atoms with van der Waals surface area (Å²) in [7, 11) is 0. The molecule has 2 aromatic heterocycles. The molecule has 0 bridgehead atoms. The van der Waals surface area contributed by atoms with Gasteiger partial charge in [-0.15, -0.1) is 0 Å². The number of hydrogen-bond acceptors (Lipinski definition) is 5. The first-order valence-electron chi connectivity index (χ1n) is 4.92. The third kappa shape index (κ3) is 2.18.